The fourth-order valence-corrected chi connectivity index (χ4v) is 3.43. The summed E-state index contributed by atoms with van der Waals surface area (Å²) in [7, 11) is -1.16. The molecule has 0 saturated carbocycles. The van der Waals surface area contributed by atoms with Crippen molar-refractivity contribution in [1.82, 2.24) is 4.72 Å². The fourth-order valence-electron chi connectivity index (χ4n) is 2.22. The van der Waals surface area contributed by atoms with Crippen LogP contribution >= 0.6 is 11.6 Å². The van der Waals surface area contributed by atoms with Crippen molar-refractivity contribution in [3.8, 4) is 5.75 Å². The maximum Gasteiger partial charge on any atom is 0.338 e. The quantitative estimate of drug-likeness (QED) is 0.775. The minimum Gasteiger partial charge on any atom is -0.495 e. The number of nitrogens with one attached hydrogen (secondary N) is 1. The average Bonchev–Trinajstić information content (AvgIpc) is 2.61. The largest absolute Gasteiger partial charge is 0.495 e. The van der Waals surface area contributed by atoms with E-state index < -0.39 is 22.1 Å². The summed E-state index contributed by atoms with van der Waals surface area (Å²) < 4.78 is 36.8. The van der Waals surface area contributed by atoms with Crippen LogP contribution in [0.25, 0.3) is 0 Å². The standard InChI is InChI=1S/C17H18ClNO5S/c1-11(13-6-4-5-7-14(13)18)24-17(20)12-8-9-15(23-3)16(10-12)25(21,22)19-2/h4-11,19H,1-3H3/t11-/m1/s1. The smallest absolute Gasteiger partial charge is 0.338 e. The Morgan fingerprint density at radius 1 is 1.20 bits per heavy atom. The number of benzene rings is 2. The number of sulfonamides is 1. The molecule has 2 rings (SSSR count). The third kappa shape index (κ3) is 4.31. The first-order chi connectivity index (χ1) is 11.8. The molecule has 0 heterocycles. The molecule has 0 aliphatic carbocycles. The van der Waals surface area contributed by atoms with Gasteiger partial charge in [-0.15, -0.1) is 0 Å². The van der Waals surface area contributed by atoms with E-state index in [0.717, 1.165) is 0 Å². The SMILES string of the molecule is CNS(=O)(=O)c1cc(C(=O)O[C@H](C)c2ccccc2Cl)ccc1OC. The number of esters is 1. The molecule has 2 aromatic rings. The van der Waals surface area contributed by atoms with Crippen LogP contribution < -0.4 is 9.46 Å². The maximum atomic E-state index is 12.4. The molecule has 2 aromatic carbocycles. The van der Waals surface area contributed by atoms with E-state index in [1.54, 1.807) is 31.2 Å². The average molecular weight is 384 g/mol. The molecule has 0 aliphatic rings. The molecule has 0 amide bonds. The molecule has 1 atom stereocenters. The summed E-state index contributed by atoms with van der Waals surface area (Å²) in [6, 6.07) is 11.1. The highest BCUT2D eigenvalue weighted by molar-refractivity contribution is 7.89. The van der Waals surface area contributed by atoms with E-state index >= 15 is 0 Å². The van der Waals surface area contributed by atoms with Crippen LogP contribution in [0.3, 0.4) is 0 Å². The number of hydrogen-bond acceptors (Lipinski definition) is 5. The predicted molar refractivity (Wildman–Crippen MR) is 94.5 cm³/mol. The Bertz CT molecular complexity index is 882. The zero-order valence-corrected chi connectivity index (χ0v) is 15.5. The molecule has 0 radical (unpaired) electrons. The molecule has 0 unspecified atom stereocenters. The lowest BCUT2D eigenvalue weighted by Gasteiger charge is -2.16. The molecule has 134 valence electrons. The first kappa shape index (κ1) is 19.2. The van der Waals surface area contributed by atoms with Crippen LogP contribution in [0, 0.1) is 0 Å². The number of ether oxygens (including phenoxy) is 2. The first-order valence-electron chi connectivity index (χ1n) is 7.37. The van der Waals surface area contributed by atoms with Gasteiger partial charge in [0.15, 0.2) is 0 Å². The third-order valence-corrected chi connectivity index (χ3v) is 5.36. The van der Waals surface area contributed by atoms with Gasteiger partial charge in [-0.1, -0.05) is 29.8 Å². The van der Waals surface area contributed by atoms with Crippen LogP contribution in [0.5, 0.6) is 5.75 Å². The molecule has 0 aromatic heterocycles. The number of hydrogen-bond donors (Lipinski definition) is 1. The van der Waals surface area contributed by atoms with Crippen molar-refractivity contribution in [2.45, 2.75) is 17.9 Å². The fraction of sp³-hybridized carbons (Fsp3) is 0.235. The molecule has 25 heavy (non-hydrogen) atoms. The second kappa shape index (κ2) is 7.86. The summed E-state index contributed by atoms with van der Waals surface area (Å²) in [5.41, 5.74) is 0.752. The third-order valence-electron chi connectivity index (χ3n) is 3.58. The minimum atomic E-state index is -3.79. The Morgan fingerprint density at radius 3 is 2.48 bits per heavy atom. The van der Waals surface area contributed by atoms with Crippen molar-refractivity contribution >= 4 is 27.6 Å². The Morgan fingerprint density at radius 2 is 1.88 bits per heavy atom. The number of rotatable bonds is 6. The van der Waals surface area contributed by atoms with E-state index in [1.165, 1.54) is 32.4 Å². The number of methoxy groups -OCH3 is 1. The Balaban J connectivity index is 2.31. The van der Waals surface area contributed by atoms with Crippen molar-refractivity contribution in [1.29, 1.82) is 0 Å². The molecule has 8 heteroatoms. The molecule has 0 spiro atoms. The van der Waals surface area contributed by atoms with Gasteiger partial charge in [-0.05, 0) is 38.2 Å². The van der Waals surface area contributed by atoms with Crippen molar-refractivity contribution < 1.29 is 22.7 Å². The summed E-state index contributed by atoms with van der Waals surface area (Å²) in [4.78, 5) is 12.2. The van der Waals surface area contributed by atoms with Crippen LogP contribution in [0.4, 0.5) is 0 Å². The summed E-state index contributed by atoms with van der Waals surface area (Å²) in [6.45, 7) is 1.69. The zero-order valence-electron chi connectivity index (χ0n) is 13.9. The van der Waals surface area contributed by atoms with Gasteiger partial charge < -0.3 is 9.47 Å². The summed E-state index contributed by atoms with van der Waals surface area (Å²) in [6.07, 6.45) is -0.590. The monoisotopic (exact) mass is 383 g/mol. The van der Waals surface area contributed by atoms with Crippen molar-refractivity contribution in [3.63, 3.8) is 0 Å². The lowest BCUT2D eigenvalue weighted by atomic mass is 10.1. The van der Waals surface area contributed by atoms with Gasteiger partial charge >= 0.3 is 5.97 Å². The summed E-state index contributed by atoms with van der Waals surface area (Å²) >= 11 is 6.10. The van der Waals surface area contributed by atoms with Crippen LogP contribution in [-0.4, -0.2) is 28.5 Å². The van der Waals surface area contributed by atoms with E-state index in [1.807, 2.05) is 0 Å². The van der Waals surface area contributed by atoms with Crippen molar-refractivity contribution in [3.05, 3.63) is 58.6 Å². The molecule has 0 bridgehead atoms. The summed E-state index contributed by atoms with van der Waals surface area (Å²) in [5, 5.41) is 0.482. The number of carbonyl (C=O) groups is 1. The summed E-state index contributed by atoms with van der Waals surface area (Å²) in [5.74, 6) is -0.535. The Hall–Kier alpha value is -2.09. The van der Waals surface area contributed by atoms with Crippen LogP contribution in [0.1, 0.15) is 28.9 Å². The van der Waals surface area contributed by atoms with Crippen molar-refractivity contribution in [2.75, 3.05) is 14.2 Å². The molecule has 0 saturated heterocycles. The van der Waals surface area contributed by atoms with Gasteiger partial charge in [-0.25, -0.2) is 17.9 Å². The van der Waals surface area contributed by atoms with Gasteiger partial charge in [-0.2, -0.15) is 0 Å². The van der Waals surface area contributed by atoms with Crippen LogP contribution in [0.15, 0.2) is 47.4 Å². The van der Waals surface area contributed by atoms with E-state index in [2.05, 4.69) is 4.72 Å². The predicted octanol–water partition coefficient (Wildman–Crippen LogP) is 3.17. The van der Waals surface area contributed by atoms with E-state index in [4.69, 9.17) is 21.1 Å². The molecule has 0 fully saturated rings. The molecular formula is C17H18ClNO5S. The second-order valence-corrected chi connectivity index (χ2v) is 7.40. The molecule has 6 nitrogen and oxygen atoms in total. The normalized spacial score (nSPS) is 12.5. The lowest BCUT2D eigenvalue weighted by molar-refractivity contribution is 0.0338. The second-order valence-electron chi connectivity index (χ2n) is 5.14. The minimum absolute atomic E-state index is 0.0912. The highest BCUT2D eigenvalue weighted by Gasteiger charge is 2.22. The highest BCUT2D eigenvalue weighted by atomic mass is 35.5. The van der Waals surface area contributed by atoms with Gasteiger partial charge in [-0.3, -0.25) is 0 Å². The topological polar surface area (TPSA) is 81.7 Å². The van der Waals surface area contributed by atoms with Gasteiger partial charge in [0.25, 0.3) is 0 Å². The lowest BCUT2D eigenvalue weighted by Crippen LogP contribution is -2.20. The van der Waals surface area contributed by atoms with Gasteiger partial charge in [0.2, 0.25) is 10.0 Å². The van der Waals surface area contributed by atoms with Gasteiger partial charge in [0, 0.05) is 10.6 Å². The molecule has 1 N–H and O–H groups in total. The molecule has 0 aliphatic heterocycles. The highest BCUT2D eigenvalue weighted by Crippen LogP contribution is 2.28. The molecular weight excluding hydrogens is 366 g/mol. The van der Waals surface area contributed by atoms with E-state index in [0.29, 0.717) is 10.6 Å². The van der Waals surface area contributed by atoms with Crippen LogP contribution in [0.2, 0.25) is 5.02 Å². The van der Waals surface area contributed by atoms with E-state index in [-0.39, 0.29) is 16.2 Å². The number of carbonyl (C=O) groups excluding carboxylic acids is 1. The van der Waals surface area contributed by atoms with E-state index in [9.17, 15) is 13.2 Å². The van der Waals surface area contributed by atoms with Crippen LogP contribution in [-0.2, 0) is 14.8 Å². The number of halogens is 1. The van der Waals surface area contributed by atoms with Gasteiger partial charge in [0.1, 0.15) is 16.7 Å². The Labute approximate surface area is 151 Å². The maximum absolute atomic E-state index is 12.4. The zero-order chi connectivity index (χ0) is 18.6. The van der Waals surface area contributed by atoms with Gasteiger partial charge in [0.05, 0.1) is 12.7 Å². The first-order valence-corrected chi connectivity index (χ1v) is 9.23. The Kier molecular flexibility index (Phi) is 6.05. The van der Waals surface area contributed by atoms with Crippen molar-refractivity contribution in [2.24, 2.45) is 0 Å².